The van der Waals surface area contributed by atoms with Crippen LogP contribution in [-0.2, 0) is 17.8 Å². The first-order valence-corrected chi connectivity index (χ1v) is 8.10. The molecule has 0 spiro atoms. The van der Waals surface area contributed by atoms with Crippen LogP contribution in [-0.4, -0.2) is 51.9 Å². The molecule has 1 saturated heterocycles. The number of rotatable bonds is 5. The van der Waals surface area contributed by atoms with Gasteiger partial charge in [0, 0.05) is 31.5 Å². The largest absolute Gasteiger partial charge is 0.341 e. The van der Waals surface area contributed by atoms with E-state index in [4.69, 9.17) is 0 Å². The lowest BCUT2D eigenvalue weighted by molar-refractivity contribution is -0.129. The van der Waals surface area contributed by atoms with E-state index < -0.39 is 0 Å². The third kappa shape index (κ3) is 4.14. The molecular formula is C18H21FN4O. The second-order valence-corrected chi connectivity index (χ2v) is 6.17. The summed E-state index contributed by atoms with van der Waals surface area (Å²) in [5, 5.41) is 0. The highest BCUT2D eigenvalue weighted by molar-refractivity contribution is 5.79. The van der Waals surface area contributed by atoms with Crippen molar-refractivity contribution in [1.29, 1.82) is 0 Å². The minimum absolute atomic E-state index is 0.0486. The second-order valence-electron chi connectivity index (χ2n) is 6.17. The number of aromatic nitrogens is 2. The Labute approximate surface area is 141 Å². The molecule has 1 fully saturated rings. The lowest BCUT2D eigenvalue weighted by Gasteiger charge is -2.24. The van der Waals surface area contributed by atoms with Gasteiger partial charge in [0.25, 0.3) is 0 Å². The summed E-state index contributed by atoms with van der Waals surface area (Å²) in [6, 6.07) is 8.33. The van der Waals surface area contributed by atoms with Crippen LogP contribution in [0.5, 0.6) is 0 Å². The Bertz CT molecular complexity index is 694. The number of hydrogen-bond acceptors (Lipinski definition) is 4. The van der Waals surface area contributed by atoms with E-state index in [1.165, 1.54) is 12.1 Å². The number of carbonyl (C=O) groups excluding carboxylic acids is 1. The van der Waals surface area contributed by atoms with E-state index in [1.54, 1.807) is 30.6 Å². The van der Waals surface area contributed by atoms with Crippen molar-refractivity contribution >= 4 is 5.91 Å². The van der Waals surface area contributed by atoms with Crippen molar-refractivity contribution in [2.45, 2.75) is 25.4 Å². The summed E-state index contributed by atoms with van der Waals surface area (Å²) in [4.78, 5) is 24.9. The third-order valence-electron chi connectivity index (χ3n) is 4.39. The number of halogens is 1. The zero-order chi connectivity index (χ0) is 16.9. The number of likely N-dealkylation sites (tertiary alicyclic amines) is 1. The van der Waals surface area contributed by atoms with Gasteiger partial charge in [0.15, 0.2) is 0 Å². The summed E-state index contributed by atoms with van der Waals surface area (Å²) in [5.41, 5.74) is 0.717. The van der Waals surface area contributed by atoms with Gasteiger partial charge in [-0.15, -0.1) is 0 Å². The van der Waals surface area contributed by atoms with Crippen molar-refractivity contribution in [2.75, 3.05) is 20.1 Å². The van der Waals surface area contributed by atoms with Crippen molar-refractivity contribution < 1.29 is 9.18 Å². The molecule has 0 saturated carbocycles. The van der Waals surface area contributed by atoms with Crippen LogP contribution >= 0.6 is 0 Å². The highest BCUT2D eigenvalue weighted by Crippen LogP contribution is 2.17. The molecule has 1 atom stereocenters. The van der Waals surface area contributed by atoms with Gasteiger partial charge in [0.2, 0.25) is 5.91 Å². The van der Waals surface area contributed by atoms with Gasteiger partial charge in [-0.2, -0.15) is 0 Å². The van der Waals surface area contributed by atoms with Gasteiger partial charge >= 0.3 is 0 Å². The average Bonchev–Trinajstić information content (AvgIpc) is 3.06. The minimum atomic E-state index is -0.304. The van der Waals surface area contributed by atoms with Crippen molar-refractivity contribution in [1.82, 2.24) is 19.8 Å². The van der Waals surface area contributed by atoms with Crippen LogP contribution in [0.4, 0.5) is 4.39 Å². The zero-order valence-electron chi connectivity index (χ0n) is 13.7. The molecule has 1 aliphatic rings. The second kappa shape index (κ2) is 7.49. The van der Waals surface area contributed by atoms with Gasteiger partial charge in [-0.25, -0.2) is 14.4 Å². The molecule has 6 heteroatoms. The molecule has 0 N–H and O–H groups in total. The van der Waals surface area contributed by atoms with Crippen molar-refractivity contribution in [2.24, 2.45) is 0 Å². The van der Waals surface area contributed by atoms with E-state index in [1.807, 2.05) is 11.9 Å². The maximum Gasteiger partial charge on any atom is 0.227 e. The molecule has 0 unspecified atom stereocenters. The standard InChI is InChI=1S/C18H21FN4O/c1-22(13-17-20-7-3-8-21-17)16-6-9-23(12-16)18(24)11-14-4-2-5-15(19)10-14/h2-5,7-8,10,16H,6,9,11-13H2,1H3/t16-/m0/s1. The smallest absolute Gasteiger partial charge is 0.227 e. The lowest BCUT2D eigenvalue weighted by Crippen LogP contribution is -2.37. The van der Waals surface area contributed by atoms with E-state index in [-0.39, 0.29) is 18.1 Å². The van der Waals surface area contributed by atoms with Crippen LogP contribution in [0.25, 0.3) is 0 Å². The SMILES string of the molecule is CN(Cc1ncccn1)[C@H]1CCN(C(=O)Cc2cccc(F)c2)C1. The van der Waals surface area contributed by atoms with Crippen LogP contribution in [0, 0.1) is 5.82 Å². The fraction of sp³-hybridized carbons (Fsp3) is 0.389. The maximum atomic E-state index is 13.2. The molecule has 1 aromatic carbocycles. The summed E-state index contributed by atoms with van der Waals surface area (Å²) in [6.45, 7) is 2.09. The Morgan fingerprint density at radius 2 is 2.12 bits per heavy atom. The fourth-order valence-electron chi connectivity index (χ4n) is 3.03. The topological polar surface area (TPSA) is 49.3 Å². The summed E-state index contributed by atoms with van der Waals surface area (Å²) in [6.07, 6.45) is 4.65. The van der Waals surface area contributed by atoms with Crippen LogP contribution in [0.1, 0.15) is 17.8 Å². The first-order chi connectivity index (χ1) is 11.6. The van der Waals surface area contributed by atoms with Gasteiger partial charge in [-0.1, -0.05) is 12.1 Å². The summed E-state index contributed by atoms with van der Waals surface area (Å²) < 4.78 is 13.2. The minimum Gasteiger partial charge on any atom is -0.341 e. The summed E-state index contributed by atoms with van der Waals surface area (Å²) in [7, 11) is 2.03. The average molecular weight is 328 g/mol. The fourth-order valence-corrected chi connectivity index (χ4v) is 3.03. The molecule has 1 amide bonds. The molecule has 0 radical (unpaired) electrons. The molecule has 2 heterocycles. The van der Waals surface area contributed by atoms with Gasteiger partial charge in [0.1, 0.15) is 11.6 Å². The Hall–Kier alpha value is -2.34. The van der Waals surface area contributed by atoms with Crippen LogP contribution in [0.2, 0.25) is 0 Å². The van der Waals surface area contributed by atoms with Gasteiger partial charge in [-0.3, -0.25) is 9.69 Å². The van der Waals surface area contributed by atoms with Crippen LogP contribution in [0.15, 0.2) is 42.7 Å². The first-order valence-electron chi connectivity index (χ1n) is 8.10. The number of nitrogens with zero attached hydrogens (tertiary/aromatic N) is 4. The predicted octanol–water partition coefficient (Wildman–Crippen LogP) is 1.89. The maximum absolute atomic E-state index is 13.2. The van der Waals surface area contributed by atoms with Crippen LogP contribution < -0.4 is 0 Å². The number of likely N-dealkylation sites (N-methyl/N-ethyl adjacent to an activating group) is 1. The molecule has 0 aliphatic carbocycles. The van der Waals surface area contributed by atoms with Gasteiger partial charge in [-0.05, 0) is 37.2 Å². The molecule has 0 bridgehead atoms. The monoisotopic (exact) mass is 328 g/mol. The summed E-state index contributed by atoms with van der Waals surface area (Å²) >= 11 is 0. The highest BCUT2D eigenvalue weighted by Gasteiger charge is 2.29. The normalized spacial score (nSPS) is 17.5. The molecule has 2 aromatic rings. The highest BCUT2D eigenvalue weighted by atomic mass is 19.1. The van der Waals surface area contributed by atoms with E-state index in [0.717, 1.165) is 24.4 Å². The Morgan fingerprint density at radius 3 is 2.88 bits per heavy atom. The molecule has 5 nitrogen and oxygen atoms in total. The first kappa shape index (κ1) is 16.5. The lowest BCUT2D eigenvalue weighted by atomic mass is 10.1. The van der Waals surface area contributed by atoms with E-state index >= 15 is 0 Å². The molecule has 3 rings (SSSR count). The van der Waals surface area contributed by atoms with E-state index in [2.05, 4.69) is 14.9 Å². The number of amides is 1. The molecule has 1 aliphatic heterocycles. The van der Waals surface area contributed by atoms with Crippen molar-refractivity contribution in [3.8, 4) is 0 Å². The summed E-state index contributed by atoms with van der Waals surface area (Å²) in [5.74, 6) is 0.527. The Morgan fingerprint density at radius 1 is 1.33 bits per heavy atom. The Kier molecular flexibility index (Phi) is 5.15. The van der Waals surface area contributed by atoms with Crippen molar-refractivity contribution in [3.05, 3.63) is 59.9 Å². The number of hydrogen-bond donors (Lipinski definition) is 0. The predicted molar refractivity (Wildman–Crippen MR) is 88.6 cm³/mol. The number of benzene rings is 1. The number of carbonyl (C=O) groups is 1. The quantitative estimate of drug-likeness (QED) is 0.841. The van der Waals surface area contributed by atoms with Crippen LogP contribution in [0.3, 0.4) is 0 Å². The third-order valence-corrected chi connectivity index (χ3v) is 4.39. The van der Waals surface area contributed by atoms with E-state index in [0.29, 0.717) is 19.1 Å². The van der Waals surface area contributed by atoms with E-state index in [9.17, 15) is 9.18 Å². The molecule has 1 aromatic heterocycles. The van der Waals surface area contributed by atoms with Crippen molar-refractivity contribution in [3.63, 3.8) is 0 Å². The van der Waals surface area contributed by atoms with Gasteiger partial charge < -0.3 is 4.90 Å². The Balaban J connectivity index is 1.53. The molecule has 24 heavy (non-hydrogen) atoms. The van der Waals surface area contributed by atoms with Gasteiger partial charge in [0.05, 0.1) is 13.0 Å². The molecular weight excluding hydrogens is 307 g/mol. The molecule has 126 valence electrons. The zero-order valence-corrected chi connectivity index (χ0v) is 13.7.